The number of hydrogen-bond acceptors (Lipinski definition) is 7. The fourth-order valence-electron chi connectivity index (χ4n) is 3.28. The number of carbonyl (C=O) groups excluding carboxylic acids is 1. The summed E-state index contributed by atoms with van der Waals surface area (Å²) >= 11 is 1.35. The van der Waals surface area contributed by atoms with Gasteiger partial charge in [0, 0.05) is 32.3 Å². The van der Waals surface area contributed by atoms with Gasteiger partial charge in [-0.2, -0.15) is 9.50 Å². The van der Waals surface area contributed by atoms with Crippen molar-refractivity contribution in [3.8, 4) is 0 Å². The third-order valence-electron chi connectivity index (χ3n) is 4.62. The summed E-state index contributed by atoms with van der Waals surface area (Å²) in [7, 11) is 0. The van der Waals surface area contributed by atoms with E-state index in [-0.39, 0.29) is 17.7 Å². The van der Waals surface area contributed by atoms with Gasteiger partial charge in [0.1, 0.15) is 5.69 Å². The lowest BCUT2D eigenvalue weighted by atomic mass is 10.1. The normalized spacial score (nSPS) is 21.0. The number of piperidine rings is 1. The Labute approximate surface area is 148 Å². The van der Waals surface area contributed by atoms with Crippen molar-refractivity contribution in [2.75, 3.05) is 31.1 Å². The second-order valence-corrected chi connectivity index (χ2v) is 7.39. The molecule has 2 aromatic heterocycles. The van der Waals surface area contributed by atoms with E-state index in [1.807, 2.05) is 0 Å². The Hall–Kier alpha value is -2.00. The number of aromatic nitrogens is 3. The molecule has 2 aliphatic heterocycles. The molecule has 8 nitrogen and oxygen atoms in total. The second kappa shape index (κ2) is 7.09. The van der Waals surface area contributed by atoms with Crippen molar-refractivity contribution in [1.82, 2.24) is 19.9 Å². The third-order valence-corrected chi connectivity index (χ3v) is 5.59. The monoisotopic (exact) mass is 363 g/mol. The predicted molar refractivity (Wildman–Crippen MR) is 94.5 cm³/mol. The second-order valence-electron chi connectivity index (χ2n) is 6.45. The third kappa shape index (κ3) is 3.52. The van der Waals surface area contributed by atoms with Gasteiger partial charge < -0.3 is 15.0 Å². The van der Waals surface area contributed by atoms with E-state index in [4.69, 9.17) is 4.74 Å². The SMILES string of the molecule is O=C(NC[C@@H]1CCCO1)c1cc(=O)nc2sc(N3CCCCC3)nn12. The molecule has 1 atom stereocenters. The topological polar surface area (TPSA) is 88.8 Å². The molecule has 4 rings (SSSR count). The van der Waals surface area contributed by atoms with Crippen molar-refractivity contribution in [3.05, 3.63) is 22.1 Å². The number of nitrogens with zero attached hydrogens (tertiary/aromatic N) is 4. The Morgan fingerprint density at radius 1 is 1.32 bits per heavy atom. The van der Waals surface area contributed by atoms with Gasteiger partial charge in [0.2, 0.25) is 10.1 Å². The largest absolute Gasteiger partial charge is 0.376 e. The molecule has 0 spiro atoms. The Morgan fingerprint density at radius 3 is 2.92 bits per heavy atom. The van der Waals surface area contributed by atoms with E-state index in [2.05, 4.69) is 20.3 Å². The first-order valence-corrected chi connectivity index (χ1v) is 9.58. The first kappa shape index (κ1) is 16.5. The highest BCUT2D eigenvalue weighted by Crippen LogP contribution is 2.25. The lowest BCUT2D eigenvalue weighted by Gasteiger charge is -2.25. The Morgan fingerprint density at radius 2 is 2.16 bits per heavy atom. The minimum Gasteiger partial charge on any atom is -0.376 e. The molecule has 2 saturated heterocycles. The van der Waals surface area contributed by atoms with Gasteiger partial charge in [-0.25, -0.2) is 0 Å². The van der Waals surface area contributed by atoms with Crippen molar-refractivity contribution in [2.24, 2.45) is 0 Å². The summed E-state index contributed by atoms with van der Waals surface area (Å²) < 4.78 is 7.00. The number of rotatable bonds is 4. The number of fused-ring (bicyclic) bond motifs is 1. The maximum atomic E-state index is 12.5. The predicted octanol–water partition coefficient (Wildman–Crippen LogP) is 1.05. The number of nitrogens with one attached hydrogen (secondary N) is 1. The van der Waals surface area contributed by atoms with Gasteiger partial charge in [-0.05, 0) is 32.1 Å². The molecular weight excluding hydrogens is 342 g/mol. The lowest BCUT2D eigenvalue weighted by molar-refractivity contribution is 0.0851. The number of hydrogen-bond donors (Lipinski definition) is 1. The molecule has 0 aromatic carbocycles. The van der Waals surface area contributed by atoms with Gasteiger partial charge in [0.25, 0.3) is 11.5 Å². The van der Waals surface area contributed by atoms with Crippen LogP contribution in [-0.4, -0.2) is 52.9 Å². The highest BCUT2D eigenvalue weighted by Gasteiger charge is 2.21. The van der Waals surface area contributed by atoms with Gasteiger partial charge in [-0.15, -0.1) is 5.10 Å². The summed E-state index contributed by atoms with van der Waals surface area (Å²) in [6.07, 6.45) is 5.52. The van der Waals surface area contributed by atoms with Crippen LogP contribution in [0.1, 0.15) is 42.6 Å². The maximum absolute atomic E-state index is 12.5. The molecule has 2 aliphatic rings. The summed E-state index contributed by atoms with van der Waals surface area (Å²) in [5.41, 5.74) is -0.191. The van der Waals surface area contributed by atoms with Crippen LogP contribution in [0.2, 0.25) is 0 Å². The average Bonchev–Trinajstić information content (AvgIpc) is 3.29. The zero-order valence-corrected chi connectivity index (χ0v) is 14.8. The van der Waals surface area contributed by atoms with Crippen LogP contribution in [0.3, 0.4) is 0 Å². The van der Waals surface area contributed by atoms with Crippen molar-refractivity contribution in [3.63, 3.8) is 0 Å². The molecular formula is C16H21N5O3S. The Kier molecular flexibility index (Phi) is 4.67. The highest BCUT2D eigenvalue weighted by molar-refractivity contribution is 7.20. The van der Waals surface area contributed by atoms with E-state index in [0.717, 1.165) is 50.5 Å². The number of ether oxygens (including phenoxy) is 1. The van der Waals surface area contributed by atoms with Crippen LogP contribution in [0.15, 0.2) is 10.9 Å². The zero-order chi connectivity index (χ0) is 17.2. The first-order valence-electron chi connectivity index (χ1n) is 8.76. The molecule has 2 fully saturated rings. The average molecular weight is 363 g/mol. The van der Waals surface area contributed by atoms with E-state index in [9.17, 15) is 9.59 Å². The molecule has 4 heterocycles. The minimum atomic E-state index is -0.420. The fraction of sp³-hybridized carbons (Fsp3) is 0.625. The van der Waals surface area contributed by atoms with Crippen LogP contribution in [-0.2, 0) is 4.74 Å². The fourth-order valence-corrected chi connectivity index (χ4v) is 4.24. The van der Waals surface area contributed by atoms with Gasteiger partial charge in [-0.3, -0.25) is 9.59 Å². The van der Waals surface area contributed by atoms with E-state index in [0.29, 0.717) is 11.5 Å². The first-order chi connectivity index (χ1) is 12.2. The summed E-state index contributed by atoms with van der Waals surface area (Å²) in [6, 6.07) is 1.25. The van der Waals surface area contributed by atoms with Crippen LogP contribution in [0.5, 0.6) is 0 Å². The molecule has 0 unspecified atom stereocenters. The van der Waals surface area contributed by atoms with Gasteiger partial charge >= 0.3 is 0 Å². The van der Waals surface area contributed by atoms with Crippen LogP contribution < -0.4 is 15.8 Å². The zero-order valence-electron chi connectivity index (χ0n) is 13.9. The van der Waals surface area contributed by atoms with Gasteiger partial charge in [0.05, 0.1) is 6.10 Å². The minimum absolute atomic E-state index is 0.0531. The summed E-state index contributed by atoms with van der Waals surface area (Å²) in [6.45, 7) is 3.08. The van der Waals surface area contributed by atoms with Crippen molar-refractivity contribution >= 4 is 27.3 Å². The molecule has 9 heteroatoms. The Balaban J connectivity index is 1.59. The van der Waals surface area contributed by atoms with E-state index >= 15 is 0 Å². The molecule has 0 bridgehead atoms. The molecule has 0 radical (unpaired) electrons. The summed E-state index contributed by atoms with van der Waals surface area (Å²) in [4.78, 5) is 31.1. The molecule has 134 valence electrons. The molecule has 1 N–H and O–H groups in total. The molecule has 0 aliphatic carbocycles. The van der Waals surface area contributed by atoms with Gasteiger partial charge in [0.15, 0.2) is 0 Å². The molecule has 0 saturated carbocycles. The number of anilines is 1. The maximum Gasteiger partial charge on any atom is 0.274 e. The quantitative estimate of drug-likeness (QED) is 0.873. The molecule has 1 amide bonds. The van der Waals surface area contributed by atoms with Crippen LogP contribution in [0, 0.1) is 0 Å². The van der Waals surface area contributed by atoms with Crippen LogP contribution in [0.25, 0.3) is 4.96 Å². The van der Waals surface area contributed by atoms with Crippen molar-refractivity contribution in [1.29, 1.82) is 0 Å². The van der Waals surface area contributed by atoms with Crippen molar-refractivity contribution < 1.29 is 9.53 Å². The van der Waals surface area contributed by atoms with Crippen LogP contribution >= 0.6 is 11.3 Å². The van der Waals surface area contributed by atoms with Gasteiger partial charge in [-0.1, -0.05) is 11.3 Å². The highest BCUT2D eigenvalue weighted by atomic mass is 32.1. The smallest absolute Gasteiger partial charge is 0.274 e. The van der Waals surface area contributed by atoms with E-state index in [1.54, 1.807) is 0 Å². The van der Waals surface area contributed by atoms with E-state index in [1.165, 1.54) is 28.3 Å². The lowest BCUT2D eigenvalue weighted by Crippen LogP contribution is -2.34. The number of carbonyl (C=O) groups is 1. The standard InChI is InChI=1S/C16H21N5O3S/c22-13-9-12(14(23)17-10-11-5-4-8-24-11)21-15(18-13)25-16(19-21)20-6-2-1-3-7-20/h9,11H,1-8,10H2,(H,17,23)/t11-/m0/s1. The molecule has 2 aromatic rings. The number of amides is 1. The van der Waals surface area contributed by atoms with Crippen molar-refractivity contribution in [2.45, 2.75) is 38.2 Å². The van der Waals surface area contributed by atoms with E-state index < -0.39 is 5.56 Å². The summed E-state index contributed by atoms with van der Waals surface area (Å²) in [5.74, 6) is -0.319. The van der Waals surface area contributed by atoms with Crippen LogP contribution in [0.4, 0.5) is 5.13 Å². The summed E-state index contributed by atoms with van der Waals surface area (Å²) in [5, 5.41) is 8.21. The Bertz CT molecular complexity index is 821. The molecule has 25 heavy (non-hydrogen) atoms.